The molecule has 0 atom stereocenters. The molecule has 2 aromatic carbocycles. The average Bonchev–Trinajstić information content (AvgIpc) is 3.52. The number of thiophene rings is 1. The second kappa shape index (κ2) is 12.0. The SMILES string of the molecule is CCn1c(SCC(=O)Nc2scc(-c3ccc(OC)cc3)c2C(=O)OC)nnc1-c1ccc(Cl)c(Cl)c1. The summed E-state index contributed by atoms with van der Waals surface area (Å²) in [4.78, 5) is 25.5. The summed E-state index contributed by atoms with van der Waals surface area (Å²) in [6.07, 6.45) is 0. The van der Waals surface area contributed by atoms with Crippen LogP contribution in [0.15, 0.2) is 53.0 Å². The number of anilines is 1. The highest BCUT2D eigenvalue weighted by atomic mass is 35.5. The third kappa shape index (κ3) is 5.93. The lowest BCUT2D eigenvalue weighted by Gasteiger charge is -2.09. The van der Waals surface area contributed by atoms with E-state index >= 15 is 0 Å². The lowest BCUT2D eigenvalue weighted by Crippen LogP contribution is -2.16. The zero-order valence-corrected chi connectivity index (χ0v) is 23.2. The van der Waals surface area contributed by atoms with E-state index in [-0.39, 0.29) is 11.7 Å². The molecule has 2 heterocycles. The Balaban J connectivity index is 1.50. The first-order valence-electron chi connectivity index (χ1n) is 11.0. The van der Waals surface area contributed by atoms with Gasteiger partial charge in [-0.15, -0.1) is 21.5 Å². The molecule has 0 fully saturated rings. The van der Waals surface area contributed by atoms with Gasteiger partial charge in [0.15, 0.2) is 11.0 Å². The van der Waals surface area contributed by atoms with E-state index in [1.165, 1.54) is 30.2 Å². The minimum atomic E-state index is -0.535. The van der Waals surface area contributed by atoms with Gasteiger partial charge in [0.05, 0.1) is 30.0 Å². The standard InChI is InChI=1S/C25H22Cl2N4O4S2/c1-4-31-22(15-7-10-18(26)19(27)11-15)29-30-25(31)37-13-20(32)28-23-21(24(33)35-3)17(12-36-23)14-5-8-16(34-2)9-6-14/h5-12H,4,13H2,1-3H3,(H,28,32). The normalized spacial score (nSPS) is 10.8. The minimum absolute atomic E-state index is 0.0654. The Hall–Kier alpha value is -3.05. The van der Waals surface area contributed by atoms with E-state index in [0.717, 1.165) is 11.1 Å². The molecule has 1 N–H and O–H groups in total. The minimum Gasteiger partial charge on any atom is -0.497 e. The van der Waals surface area contributed by atoms with E-state index in [0.29, 0.717) is 49.4 Å². The average molecular weight is 578 g/mol. The quantitative estimate of drug-likeness (QED) is 0.179. The molecular formula is C25H22Cl2N4O4S2. The van der Waals surface area contributed by atoms with Crippen LogP contribution in [-0.4, -0.2) is 46.6 Å². The van der Waals surface area contributed by atoms with Gasteiger partial charge >= 0.3 is 5.97 Å². The van der Waals surface area contributed by atoms with Crippen molar-refractivity contribution in [3.8, 4) is 28.3 Å². The Morgan fingerprint density at radius 2 is 1.78 bits per heavy atom. The molecular weight excluding hydrogens is 555 g/mol. The fraction of sp³-hybridized carbons (Fsp3) is 0.200. The molecule has 12 heteroatoms. The van der Waals surface area contributed by atoms with Crippen LogP contribution < -0.4 is 10.1 Å². The smallest absolute Gasteiger partial charge is 0.341 e. The molecule has 0 unspecified atom stereocenters. The van der Waals surface area contributed by atoms with Crippen LogP contribution in [0.2, 0.25) is 10.0 Å². The van der Waals surface area contributed by atoms with Crippen molar-refractivity contribution in [2.45, 2.75) is 18.6 Å². The van der Waals surface area contributed by atoms with Gasteiger partial charge in [-0.2, -0.15) is 0 Å². The van der Waals surface area contributed by atoms with Gasteiger partial charge in [0.25, 0.3) is 0 Å². The third-order valence-corrected chi connectivity index (χ3v) is 7.98. The number of carbonyl (C=O) groups is 2. The molecule has 0 radical (unpaired) electrons. The van der Waals surface area contributed by atoms with Gasteiger partial charge in [-0.3, -0.25) is 4.79 Å². The second-order valence-electron chi connectivity index (χ2n) is 7.59. The molecule has 192 valence electrons. The van der Waals surface area contributed by atoms with Crippen LogP contribution in [-0.2, 0) is 16.1 Å². The Bertz CT molecular complexity index is 1440. The maximum atomic E-state index is 12.9. The van der Waals surface area contributed by atoms with Gasteiger partial charge in [-0.1, -0.05) is 47.1 Å². The first-order valence-corrected chi connectivity index (χ1v) is 13.6. The Labute approximate surface area is 231 Å². The van der Waals surface area contributed by atoms with Crippen molar-refractivity contribution < 1.29 is 19.1 Å². The number of esters is 1. The number of thioether (sulfide) groups is 1. The highest BCUT2D eigenvalue weighted by Gasteiger charge is 2.23. The molecule has 0 aliphatic rings. The molecule has 37 heavy (non-hydrogen) atoms. The molecule has 0 saturated carbocycles. The molecule has 0 saturated heterocycles. The summed E-state index contributed by atoms with van der Waals surface area (Å²) >= 11 is 14.7. The van der Waals surface area contributed by atoms with Crippen LogP contribution >= 0.6 is 46.3 Å². The summed E-state index contributed by atoms with van der Waals surface area (Å²) in [5.74, 6) is 0.563. The number of methoxy groups -OCH3 is 2. The van der Waals surface area contributed by atoms with Gasteiger partial charge in [-0.05, 0) is 42.8 Å². The number of carbonyl (C=O) groups excluding carboxylic acids is 2. The zero-order chi connectivity index (χ0) is 26.5. The topological polar surface area (TPSA) is 95.3 Å². The summed E-state index contributed by atoms with van der Waals surface area (Å²) in [5.41, 5.74) is 2.54. The highest BCUT2D eigenvalue weighted by molar-refractivity contribution is 7.99. The number of amides is 1. The van der Waals surface area contributed by atoms with Crippen molar-refractivity contribution in [1.82, 2.24) is 14.8 Å². The lowest BCUT2D eigenvalue weighted by molar-refractivity contribution is -0.113. The van der Waals surface area contributed by atoms with Crippen molar-refractivity contribution in [2.75, 3.05) is 25.3 Å². The number of hydrogen-bond donors (Lipinski definition) is 1. The first kappa shape index (κ1) is 27.0. The lowest BCUT2D eigenvalue weighted by atomic mass is 10.0. The Kier molecular flexibility index (Phi) is 8.75. The number of nitrogens with one attached hydrogen (secondary N) is 1. The molecule has 0 aliphatic carbocycles. The summed E-state index contributed by atoms with van der Waals surface area (Å²) in [5, 5.41) is 15.1. The van der Waals surface area contributed by atoms with Gasteiger partial charge in [-0.25, -0.2) is 4.79 Å². The summed E-state index contributed by atoms with van der Waals surface area (Å²) in [6, 6.07) is 12.5. The number of aromatic nitrogens is 3. The number of benzene rings is 2. The predicted molar refractivity (Wildman–Crippen MR) is 148 cm³/mol. The molecule has 4 aromatic rings. The van der Waals surface area contributed by atoms with Gasteiger partial charge in [0.1, 0.15) is 16.3 Å². The van der Waals surface area contributed by atoms with Crippen molar-refractivity contribution in [3.05, 3.63) is 63.5 Å². The number of hydrogen-bond acceptors (Lipinski definition) is 8. The van der Waals surface area contributed by atoms with Crippen LogP contribution in [0.25, 0.3) is 22.5 Å². The summed E-state index contributed by atoms with van der Waals surface area (Å²) < 4.78 is 12.1. The van der Waals surface area contributed by atoms with E-state index in [2.05, 4.69) is 15.5 Å². The Morgan fingerprint density at radius 1 is 1.05 bits per heavy atom. The van der Waals surface area contributed by atoms with Crippen molar-refractivity contribution >= 4 is 63.2 Å². The molecule has 0 aliphatic heterocycles. The largest absolute Gasteiger partial charge is 0.497 e. The molecule has 4 rings (SSSR count). The molecule has 0 spiro atoms. The third-order valence-electron chi connectivity index (χ3n) is 5.38. The zero-order valence-electron chi connectivity index (χ0n) is 20.1. The molecule has 8 nitrogen and oxygen atoms in total. The number of halogens is 2. The van der Waals surface area contributed by atoms with E-state index < -0.39 is 5.97 Å². The van der Waals surface area contributed by atoms with Crippen molar-refractivity contribution in [2.24, 2.45) is 0 Å². The van der Waals surface area contributed by atoms with Crippen LogP contribution in [0.4, 0.5) is 5.00 Å². The fourth-order valence-corrected chi connectivity index (χ4v) is 5.63. The van der Waals surface area contributed by atoms with Gasteiger partial charge in [0.2, 0.25) is 5.91 Å². The monoisotopic (exact) mass is 576 g/mol. The second-order valence-corrected chi connectivity index (χ2v) is 10.2. The summed E-state index contributed by atoms with van der Waals surface area (Å²) in [6.45, 7) is 2.55. The van der Waals surface area contributed by atoms with E-state index in [4.69, 9.17) is 32.7 Å². The van der Waals surface area contributed by atoms with Gasteiger partial charge in [0, 0.05) is 23.1 Å². The van der Waals surface area contributed by atoms with Crippen molar-refractivity contribution in [1.29, 1.82) is 0 Å². The van der Waals surface area contributed by atoms with Crippen LogP contribution in [0, 0.1) is 0 Å². The number of rotatable bonds is 9. The summed E-state index contributed by atoms with van der Waals surface area (Å²) in [7, 11) is 2.89. The highest BCUT2D eigenvalue weighted by Crippen LogP contribution is 2.37. The number of nitrogens with zero attached hydrogens (tertiary/aromatic N) is 3. The fourth-order valence-electron chi connectivity index (χ4n) is 3.56. The van der Waals surface area contributed by atoms with E-state index in [1.807, 2.05) is 35.1 Å². The Morgan fingerprint density at radius 3 is 2.43 bits per heavy atom. The van der Waals surface area contributed by atoms with E-state index in [9.17, 15) is 9.59 Å². The van der Waals surface area contributed by atoms with E-state index in [1.54, 1.807) is 31.4 Å². The van der Waals surface area contributed by atoms with Crippen LogP contribution in [0.3, 0.4) is 0 Å². The maximum absolute atomic E-state index is 12.9. The number of ether oxygens (including phenoxy) is 2. The van der Waals surface area contributed by atoms with Crippen molar-refractivity contribution in [3.63, 3.8) is 0 Å². The molecule has 2 aromatic heterocycles. The predicted octanol–water partition coefficient (Wildman–Crippen LogP) is 6.53. The van der Waals surface area contributed by atoms with Crippen LogP contribution in [0.1, 0.15) is 17.3 Å². The maximum Gasteiger partial charge on any atom is 0.341 e. The van der Waals surface area contributed by atoms with Crippen LogP contribution in [0.5, 0.6) is 5.75 Å². The molecule has 0 bridgehead atoms. The molecule has 1 amide bonds. The van der Waals surface area contributed by atoms with Gasteiger partial charge < -0.3 is 19.4 Å². The first-order chi connectivity index (χ1) is 17.9.